The maximum atomic E-state index is 13.6. The fourth-order valence-corrected chi connectivity index (χ4v) is 1.90. The monoisotopic (exact) mass is 245 g/mol. The summed E-state index contributed by atoms with van der Waals surface area (Å²) in [6.45, 7) is 4.23. The molecule has 0 saturated carbocycles. The molecule has 1 aromatic rings. The molecule has 0 saturated heterocycles. The molecule has 1 rings (SSSR count). The lowest BCUT2D eigenvalue weighted by Crippen LogP contribution is -2.27. The Morgan fingerprint density at radius 3 is 2.50 bits per heavy atom. The van der Waals surface area contributed by atoms with E-state index in [4.69, 9.17) is 17.3 Å². The molecule has 0 aliphatic heterocycles. The molecule has 1 aromatic carbocycles. The molecule has 3 N–H and O–H groups in total. The second kappa shape index (κ2) is 5.62. The van der Waals surface area contributed by atoms with Crippen molar-refractivity contribution in [2.45, 2.75) is 20.0 Å². The number of rotatable bonds is 4. The average molecular weight is 246 g/mol. The van der Waals surface area contributed by atoms with Crippen LogP contribution in [0.1, 0.15) is 25.5 Å². The van der Waals surface area contributed by atoms with Crippen LogP contribution in [0.3, 0.4) is 0 Å². The fourth-order valence-electron chi connectivity index (χ4n) is 1.74. The zero-order valence-electron chi connectivity index (χ0n) is 9.45. The van der Waals surface area contributed by atoms with Gasteiger partial charge < -0.3 is 10.8 Å². The van der Waals surface area contributed by atoms with E-state index in [0.29, 0.717) is 11.6 Å². The van der Waals surface area contributed by atoms with E-state index >= 15 is 0 Å². The third-order valence-electron chi connectivity index (χ3n) is 2.82. The van der Waals surface area contributed by atoms with Crippen molar-refractivity contribution in [1.29, 1.82) is 0 Å². The Kier molecular flexibility index (Phi) is 4.71. The normalized spacial score (nSPS) is 15.2. The van der Waals surface area contributed by atoms with Crippen LogP contribution in [0.4, 0.5) is 4.39 Å². The first-order valence-electron chi connectivity index (χ1n) is 5.30. The number of benzene rings is 1. The Morgan fingerprint density at radius 1 is 1.44 bits per heavy atom. The van der Waals surface area contributed by atoms with E-state index < -0.39 is 11.9 Å². The zero-order chi connectivity index (χ0) is 12.3. The van der Waals surface area contributed by atoms with Gasteiger partial charge >= 0.3 is 0 Å². The van der Waals surface area contributed by atoms with Crippen LogP contribution in [0.2, 0.25) is 5.02 Å². The van der Waals surface area contributed by atoms with Gasteiger partial charge in [-0.05, 0) is 24.6 Å². The Hall–Kier alpha value is -0.640. The maximum absolute atomic E-state index is 13.6. The van der Waals surface area contributed by atoms with E-state index in [0.717, 1.165) is 0 Å². The van der Waals surface area contributed by atoms with Crippen molar-refractivity contribution < 1.29 is 9.50 Å². The molecule has 16 heavy (non-hydrogen) atoms. The molecule has 4 heteroatoms. The van der Waals surface area contributed by atoms with Gasteiger partial charge in [0.1, 0.15) is 5.82 Å². The lowest BCUT2D eigenvalue weighted by molar-refractivity contribution is 0.0828. The minimum atomic E-state index is -0.887. The molecular formula is C12H17ClFNO. The topological polar surface area (TPSA) is 46.2 Å². The Morgan fingerprint density at radius 2 is 2.06 bits per heavy atom. The molecule has 2 atom stereocenters. The largest absolute Gasteiger partial charge is 0.388 e. The van der Waals surface area contributed by atoms with Crippen molar-refractivity contribution in [3.63, 3.8) is 0 Å². The first kappa shape index (κ1) is 13.4. The second-order valence-electron chi connectivity index (χ2n) is 4.25. The predicted octanol–water partition coefficient (Wildman–Crippen LogP) is 2.74. The number of hydrogen-bond donors (Lipinski definition) is 2. The van der Waals surface area contributed by atoms with Gasteiger partial charge in [0.15, 0.2) is 0 Å². The summed E-state index contributed by atoms with van der Waals surface area (Å²) in [6.07, 6.45) is -0.887. The highest BCUT2D eigenvalue weighted by Crippen LogP contribution is 2.29. The van der Waals surface area contributed by atoms with Crippen LogP contribution in [0, 0.1) is 17.7 Å². The fraction of sp³-hybridized carbons (Fsp3) is 0.500. The highest BCUT2D eigenvalue weighted by Gasteiger charge is 2.25. The van der Waals surface area contributed by atoms with E-state index in [-0.39, 0.29) is 17.4 Å². The Balaban J connectivity index is 2.99. The number of nitrogens with two attached hydrogens (primary N) is 1. The van der Waals surface area contributed by atoms with Crippen LogP contribution in [0.25, 0.3) is 0 Å². The third kappa shape index (κ3) is 2.94. The molecule has 0 aliphatic rings. The molecule has 0 radical (unpaired) electrons. The summed E-state index contributed by atoms with van der Waals surface area (Å²) in [5.41, 5.74) is 5.84. The van der Waals surface area contributed by atoms with Crippen LogP contribution in [0.15, 0.2) is 18.2 Å². The van der Waals surface area contributed by atoms with Crippen LogP contribution in [-0.2, 0) is 0 Å². The molecule has 2 unspecified atom stereocenters. The Labute approximate surface area is 100 Å². The number of halogens is 2. The van der Waals surface area contributed by atoms with Crippen molar-refractivity contribution in [2.24, 2.45) is 17.6 Å². The SMILES string of the molecule is CC(C)C(CN)C(O)c1ccc(Cl)cc1F. The van der Waals surface area contributed by atoms with Gasteiger partial charge in [-0.3, -0.25) is 0 Å². The number of aliphatic hydroxyl groups excluding tert-OH is 1. The van der Waals surface area contributed by atoms with Gasteiger partial charge in [-0.15, -0.1) is 0 Å². The van der Waals surface area contributed by atoms with Gasteiger partial charge in [-0.1, -0.05) is 31.5 Å². The van der Waals surface area contributed by atoms with Crippen molar-refractivity contribution in [3.8, 4) is 0 Å². The second-order valence-corrected chi connectivity index (χ2v) is 4.69. The van der Waals surface area contributed by atoms with Gasteiger partial charge in [0.05, 0.1) is 6.10 Å². The van der Waals surface area contributed by atoms with Crippen molar-refractivity contribution >= 4 is 11.6 Å². The first-order chi connectivity index (χ1) is 7.47. The highest BCUT2D eigenvalue weighted by atomic mass is 35.5. The molecule has 0 bridgehead atoms. The summed E-state index contributed by atoms with van der Waals surface area (Å²) in [6, 6.07) is 4.28. The molecule has 0 aliphatic carbocycles. The molecule has 0 aromatic heterocycles. The van der Waals surface area contributed by atoms with E-state index in [1.807, 2.05) is 13.8 Å². The van der Waals surface area contributed by atoms with Gasteiger partial charge in [0.2, 0.25) is 0 Å². The quantitative estimate of drug-likeness (QED) is 0.857. The summed E-state index contributed by atoms with van der Waals surface area (Å²) in [4.78, 5) is 0. The summed E-state index contributed by atoms with van der Waals surface area (Å²) in [5, 5.41) is 10.4. The summed E-state index contributed by atoms with van der Waals surface area (Å²) in [5.74, 6) is -0.454. The van der Waals surface area contributed by atoms with Crippen molar-refractivity contribution in [1.82, 2.24) is 0 Å². The molecule has 0 spiro atoms. The molecule has 0 amide bonds. The maximum Gasteiger partial charge on any atom is 0.130 e. The van der Waals surface area contributed by atoms with Gasteiger partial charge in [-0.2, -0.15) is 0 Å². The summed E-state index contributed by atoms with van der Waals surface area (Å²) < 4.78 is 13.6. The predicted molar refractivity (Wildman–Crippen MR) is 63.8 cm³/mol. The minimum absolute atomic E-state index is 0.157. The third-order valence-corrected chi connectivity index (χ3v) is 3.05. The van der Waals surface area contributed by atoms with Crippen LogP contribution >= 0.6 is 11.6 Å². The van der Waals surface area contributed by atoms with Gasteiger partial charge in [0.25, 0.3) is 0 Å². The smallest absolute Gasteiger partial charge is 0.130 e. The summed E-state index contributed by atoms with van der Waals surface area (Å²) >= 11 is 5.65. The van der Waals surface area contributed by atoms with Gasteiger partial charge in [0, 0.05) is 16.5 Å². The minimum Gasteiger partial charge on any atom is -0.388 e. The molecular weight excluding hydrogens is 229 g/mol. The van der Waals surface area contributed by atoms with E-state index in [1.54, 1.807) is 6.07 Å². The highest BCUT2D eigenvalue weighted by molar-refractivity contribution is 6.30. The van der Waals surface area contributed by atoms with Crippen LogP contribution in [-0.4, -0.2) is 11.7 Å². The lowest BCUT2D eigenvalue weighted by Gasteiger charge is -2.25. The van der Waals surface area contributed by atoms with E-state index in [1.165, 1.54) is 12.1 Å². The van der Waals surface area contributed by atoms with Crippen molar-refractivity contribution in [2.75, 3.05) is 6.54 Å². The van der Waals surface area contributed by atoms with Gasteiger partial charge in [-0.25, -0.2) is 4.39 Å². The van der Waals surface area contributed by atoms with E-state index in [2.05, 4.69) is 0 Å². The number of hydrogen-bond acceptors (Lipinski definition) is 2. The van der Waals surface area contributed by atoms with Crippen molar-refractivity contribution in [3.05, 3.63) is 34.6 Å². The van der Waals surface area contributed by atoms with E-state index in [9.17, 15) is 9.50 Å². The number of aliphatic hydroxyl groups is 1. The molecule has 2 nitrogen and oxygen atoms in total. The molecule has 90 valence electrons. The zero-order valence-corrected chi connectivity index (χ0v) is 10.2. The first-order valence-corrected chi connectivity index (χ1v) is 5.68. The van der Waals surface area contributed by atoms with Crippen LogP contribution in [0.5, 0.6) is 0 Å². The summed E-state index contributed by atoms with van der Waals surface area (Å²) in [7, 11) is 0. The van der Waals surface area contributed by atoms with Crippen LogP contribution < -0.4 is 5.73 Å². The standard InChI is InChI=1S/C12H17ClFNO/c1-7(2)10(6-15)12(16)9-4-3-8(13)5-11(9)14/h3-5,7,10,12,16H,6,15H2,1-2H3. The lowest BCUT2D eigenvalue weighted by atomic mass is 9.86. The Bertz CT molecular complexity index is 357. The molecule has 0 heterocycles. The molecule has 0 fully saturated rings. The average Bonchev–Trinajstić information content (AvgIpc) is 2.17.